The van der Waals surface area contributed by atoms with E-state index >= 15 is 0 Å². The molecule has 2 nitrogen and oxygen atoms in total. The van der Waals surface area contributed by atoms with Gasteiger partial charge >= 0.3 is 0 Å². The molecule has 114 valence electrons. The van der Waals surface area contributed by atoms with Gasteiger partial charge < -0.3 is 4.74 Å². The third-order valence-corrected chi connectivity index (χ3v) is 4.33. The van der Waals surface area contributed by atoms with Gasteiger partial charge in [0.2, 0.25) is 5.69 Å². The van der Waals surface area contributed by atoms with Crippen molar-refractivity contribution in [2.45, 2.75) is 66.5 Å². The molecule has 1 aliphatic rings. The molecule has 1 aliphatic heterocycles. The van der Waals surface area contributed by atoms with E-state index < -0.39 is 0 Å². The van der Waals surface area contributed by atoms with Crippen LogP contribution in [0.5, 0.6) is 0 Å². The number of nitrogens with zero attached hydrogens (tertiary/aromatic N) is 1. The van der Waals surface area contributed by atoms with Crippen molar-refractivity contribution in [3.05, 3.63) is 41.2 Å². The third-order valence-electron chi connectivity index (χ3n) is 4.33. The van der Waals surface area contributed by atoms with Gasteiger partial charge in [-0.05, 0) is 17.9 Å². The summed E-state index contributed by atoms with van der Waals surface area (Å²) in [5.41, 5.74) is 5.29. The van der Waals surface area contributed by atoms with Gasteiger partial charge in [0.1, 0.15) is 5.76 Å². The van der Waals surface area contributed by atoms with Crippen molar-refractivity contribution < 1.29 is 9.31 Å². The monoisotopic (exact) mass is 286 g/mol. The highest BCUT2D eigenvalue weighted by atomic mass is 16.5. The summed E-state index contributed by atoms with van der Waals surface area (Å²) in [5, 5.41) is 0. The van der Waals surface area contributed by atoms with E-state index in [0.717, 1.165) is 12.2 Å². The smallest absolute Gasteiger partial charge is 0.299 e. The SMILES string of the molecule is CCC1=C(C)C(C)=[N+](c2ccc(C(C)(C)C)cc2)C(C)O1. The van der Waals surface area contributed by atoms with Crippen molar-refractivity contribution >= 4 is 11.4 Å². The van der Waals surface area contributed by atoms with Crippen LogP contribution in [0.15, 0.2) is 35.6 Å². The largest absolute Gasteiger partial charge is 0.438 e. The average Bonchev–Trinajstić information content (AvgIpc) is 2.42. The highest BCUT2D eigenvalue weighted by molar-refractivity contribution is 5.95. The zero-order chi connectivity index (χ0) is 15.8. The van der Waals surface area contributed by atoms with E-state index in [1.165, 1.54) is 22.5 Å². The van der Waals surface area contributed by atoms with Crippen molar-refractivity contribution in [3.8, 4) is 0 Å². The molecule has 0 aromatic heterocycles. The molecule has 1 atom stereocenters. The predicted octanol–water partition coefficient (Wildman–Crippen LogP) is 5.15. The molecule has 1 aromatic rings. The lowest BCUT2D eigenvalue weighted by atomic mass is 9.87. The fourth-order valence-corrected chi connectivity index (χ4v) is 2.88. The van der Waals surface area contributed by atoms with Gasteiger partial charge in [0.25, 0.3) is 6.23 Å². The molecule has 2 heteroatoms. The van der Waals surface area contributed by atoms with Crippen molar-refractivity contribution in [1.82, 2.24) is 0 Å². The second-order valence-corrected chi connectivity index (χ2v) is 6.87. The third kappa shape index (κ3) is 3.04. The van der Waals surface area contributed by atoms with Gasteiger partial charge in [-0.25, -0.2) is 0 Å². The maximum Gasteiger partial charge on any atom is 0.299 e. The fourth-order valence-electron chi connectivity index (χ4n) is 2.88. The Balaban J connectivity index is 2.46. The van der Waals surface area contributed by atoms with E-state index in [1.807, 2.05) is 0 Å². The van der Waals surface area contributed by atoms with Crippen LogP contribution >= 0.6 is 0 Å². The lowest BCUT2D eigenvalue weighted by Gasteiger charge is -2.24. The van der Waals surface area contributed by atoms with E-state index in [1.54, 1.807) is 0 Å². The minimum absolute atomic E-state index is 0.0455. The summed E-state index contributed by atoms with van der Waals surface area (Å²) >= 11 is 0. The molecule has 0 N–H and O–H groups in total. The van der Waals surface area contributed by atoms with Crippen LogP contribution in [0.1, 0.15) is 60.5 Å². The Bertz CT molecular complexity index is 585. The van der Waals surface area contributed by atoms with Gasteiger partial charge in [0, 0.05) is 32.4 Å². The Morgan fingerprint density at radius 2 is 1.67 bits per heavy atom. The molecule has 0 spiro atoms. The Labute approximate surface area is 129 Å². The summed E-state index contributed by atoms with van der Waals surface area (Å²) in [6, 6.07) is 8.86. The van der Waals surface area contributed by atoms with Gasteiger partial charge in [-0.1, -0.05) is 39.8 Å². The molecule has 0 saturated carbocycles. The standard InChI is InChI=1S/C19H28NO/c1-8-18-13(2)14(3)20(15(4)21-18)17-11-9-16(10-12-17)19(5,6)7/h9-12,15H,8H2,1-7H3/q+1. The number of benzene rings is 1. The van der Waals surface area contributed by atoms with E-state index in [4.69, 9.17) is 4.74 Å². The first-order valence-electron chi connectivity index (χ1n) is 7.85. The van der Waals surface area contributed by atoms with Crippen molar-refractivity contribution in [2.24, 2.45) is 0 Å². The molecule has 2 rings (SSSR count). The maximum atomic E-state index is 6.07. The normalized spacial score (nSPS) is 19.9. The number of ether oxygens (including phenoxy) is 1. The van der Waals surface area contributed by atoms with Crippen LogP contribution in [-0.4, -0.2) is 16.5 Å². The summed E-state index contributed by atoms with van der Waals surface area (Å²) in [7, 11) is 0. The lowest BCUT2D eigenvalue weighted by Crippen LogP contribution is -2.32. The van der Waals surface area contributed by atoms with Gasteiger partial charge in [-0.15, -0.1) is 0 Å². The van der Waals surface area contributed by atoms with Crippen molar-refractivity contribution in [3.63, 3.8) is 0 Å². The predicted molar refractivity (Wildman–Crippen MR) is 89.3 cm³/mol. The highest BCUT2D eigenvalue weighted by Gasteiger charge is 2.30. The topological polar surface area (TPSA) is 12.2 Å². The van der Waals surface area contributed by atoms with Crippen molar-refractivity contribution in [1.29, 1.82) is 0 Å². The molecule has 0 bridgehead atoms. The minimum atomic E-state index is 0.0455. The average molecular weight is 286 g/mol. The molecule has 1 aromatic carbocycles. The number of hydrogen-bond acceptors (Lipinski definition) is 1. The van der Waals surface area contributed by atoms with Crippen LogP contribution in [0, 0.1) is 0 Å². The highest BCUT2D eigenvalue weighted by Crippen LogP contribution is 2.29. The molecule has 0 fully saturated rings. The number of rotatable bonds is 2. The Morgan fingerprint density at radius 1 is 1.10 bits per heavy atom. The van der Waals surface area contributed by atoms with Crippen LogP contribution in [0.2, 0.25) is 0 Å². The van der Waals surface area contributed by atoms with Crippen LogP contribution in [0.3, 0.4) is 0 Å². The van der Waals surface area contributed by atoms with Gasteiger partial charge in [-0.2, -0.15) is 4.58 Å². The summed E-state index contributed by atoms with van der Waals surface area (Å²) in [4.78, 5) is 0. The molecule has 21 heavy (non-hydrogen) atoms. The van der Waals surface area contributed by atoms with Gasteiger partial charge in [0.05, 0.1) is 5.57 Å². The molecule has 0 aliphatic carbocycles. The molecule has 0 saturated heterocycles. The second-order valence-electron chi connectivity index (χ2n) is 6.87. The summed E-state index contributed by atoms with van der Waals surface area (Å²) in [6.45, 7) is 15.3. The van der Waals surface area contributed by atoms with Crippen LogP contribution in [0.4, 0.5) is 5.69 Å². The first-order chi connectivity index (χ1) is 9.75. The van der Waals surface area contributed by atoms with Crippen molar-refractivity contribution in [2.75, 3.05) is 0 Å². The van der Waals surface area contributed by atoms with Crippen LogP contribution in [-0.2, 0) is 10.2 Å². The van der Waals surface area contributed by atoms with Crippen LogP contribution < -0.4 is 0 Å². The van der Waals surface area contributed by atoms with Crippen LogP contribution in [0.25, 0.3) is 0 Å². The Kier molecular flexibility index (Phi) is 4.27. The molecule has 0 radical (unpaired) electrons. The van der Waals surface area contributed by atoms with Gasteiger partial charge in [-0.3, -0.25) is 0 Å². The first kappa shape index (κ1) is 15.8. The van der Waals surface area contributed by atoms with E-state index in [2.05, 4.69) is 77.3 Å². The zero-order valence-corrected chi connectivity index (χ0v) is 14.4. The summed E-state index contributed by atoms with van der Waals surface area (Å²) in [5.74, 6) is 1.11. The molecular formula is C19H28NO+. The summed E-state index contributed by atoms with van der Waals surface area (Å²) < 4.78 is 8.35. The zero-order valence-electron chi connectivity index (χ0n) is 14.4. The van der Waals surface area contributed by atoms with E-state index in [0.29, 0.717) is 0 Å². The summed E-state index contributed by atoms with van der Waals surface area (Å²) in [6.07, 6.45) is 0.994. The maximum absolute atomic E-state index is 6.07. The quantitative estimate of drug-likeness (QED) is 0.685. The lowest BCUT2D eigenvalue weighted by molar-refractivity contribution is -0.537. The van der Waals surface area contributed by atoms with E-state index in [9.17, 15) is 0 Å². The molecule has 0 amide bonds. The fraction of sp³-hybridized carbons (Fsp3) is 0.526. The Hall–Kier alpha value is -1.57. The number of allylic oxidation sites excluding steroid dienone is 2. The van der Waals surface area contributed by atoms with E-state index in [-0.39, 0.29) is 11.6 Å². The molecule has 1 heterocycles. The molecular weight excluding hydrogens is 258 g/mol. The molecule has 1 unspecified atom stereocenters. The first-order valence-corrected chi connectivity index (χ1v) is 7.85. The second kappa shape index (κ2) is 5.67. The van der Waals surface area contributed by atoms with Gasteiger partial charge in [0.15, 0.2) is 5.71 Å². The Morgan fingerprint density at radius 3 is 2.14 bits per heavy atom. The minimum Gasteiger partial charge on any atom is -0.438 e. The number of hydrogen-bond donors (Lipinski definition) is 0.